The highest BCUT2D eigenvalue weighted by Crippen LogP contribution is 2.29. The van der Waals surface area contributed by atoms with E-state index in [1.165, 1.54) is 12.1 Å². The van der Waals surface area contributed by atoms with E-state index in [1.807, 2.05) is 18.2 Å². The van der Waals surface area contributed by atoms with E-state index in [2.05, 4.69) is 37.2 Å². The molecular formula is C24H24FN5OS2. The van der Waals surface area contributed by atoms with Crippen molar-refractivity contribution in [2.45, 2.75) is 17.5 Å². The Morgan fingerprint density at radius 1 is 0.939 bits per heavy atom. The average Bonchev–Trinajstić information content (AvgIpc) is 3.50. The summed E-state index contributed by atoms with van der Waals surface area (Å²) in [5, 5.41) is 12.9. The quantitative estimate of drug-likeness (QED) is 0.336. The third-order valence-corrected chi connectivity index (χ3v) is 7.42. The smallest absolute Gasteiger partial charge is 0.191 e. The lowest BCUT2D eigenvalue weighted by molar-refractivity contribution is 0.0361. The van der Waals surface area contributed by atoms with Crippen LogP contribution in [0, 0.1) is 5.82 Å². The number of hydrogen-bond acceptors (Lipinski definition) is 7. The lowest BCUT2D eigenvalue weighted by Gasteiger charge is -2.27. The Bertz CT molecular complexity index is 1170. The van der Waals surface area contributed by atoms with Crippen molar-refractivity contribution in [1.29, 1.82) is 0 Å². The second-order valence-corrected chi connectivity index (χ2v) is 9.52. The van der Waals surface area contributed by atoms with Gasteiger partial charge in [-0.1, -0.05) is 42.1 Å². The summed E-state index contributed by atoms with van der Waals surface area (Å²) in [6.07, 6.45) is 0. The molecule has 1 aliphatic rings. The van der Waals surface area contributed by atoms with E-state index in [9.17, 15) is 4.39 Å². The standard InChI is InChI=1S/C24H24FN5OS2/c25-20-8-6-18(7-9-20)22-27-28-24(30(22)11-10-29-12-14-31-15-13-29)33-17-21-16-32-23(26-21)19-4-2-1-3-5-19/h1-9,16H,10-15,17H2. The summed E-state index contributed by atoms with van der Waals surface area (Å²) in [7, 11) is 0. The molecule has 0 spiro atoms. The van der Waals surface area contributed by atoms with Gasteiger partial charge in [0.25, 0.3) is 0 Å². The Labute approximate surface area is 200 Å². The number of nitrogens with zero attached hydrogens (tertiary/aromatic N) is 5. The summed E-state index contributed by atoms with van der Waals surface area (Å²) >= 11 is 3.28. The molecule has 5 rings (SSSR count). The molecule has 1 saturated heterocycles. The van der Waals surface area contributed by atoms with Crippen LogP contribution in [0.3, 0.4) is 0 Å². The van der Waals surface area contributed by atoms with E-state index in [0.29, 0.717) is 5.75 Å². The SMILES string of the molecule is Fc1ccc(-c2nnc(SCc3csc(-c4ccccc4)n3)n2CCN2CCOCC2)cc1. The lowest BCUT2D eigenvalue weighted by atomic mass is 10.2. The zero-order valence-corrected chi connectivity index (χ0v) is 19.7. The molecule has 0 N–H and O–H groups in total. The molecule has 3 heterocycles. The monoisotopic (exact) mass is 481 g/mol. The first-order chi connectivity index (χ1) is 16.3. The normalized spacial score (nSPS) is 14.6. The van der Waals surface area contributed by atoms with Gasteiger partial charge in [0.05, 0.1) is 18.9 Å². The molecular weight excluding hydrogens is 457 g/mol. The van der Waals surface area contributed by atoms with Gasteiger partial charge in [0, 0.05) is 48.4 Å². The van der Waals surface area contributed by atoms with Gasteiger partial charge in [-0.15, -0.1) is 21.5 Å². The highest BCUT2D eigenvalue weighted by Gasteiger charge is 2.18. The molecule has 0 aliphatic carbocycles. The first-order valence-corrected chi connectivity index (χ1v) is 12.7. The Kier molecular flexibility index (Phi) is 7.11. The van der Waals surface area contributed by atoms with Gasteiger partial charge in [-0.25, -0.2) is 9.37 Å². The first kappa shape index (κ1) is 22.2. The summed E-state index contributed by atoms with van der Waals surface area (Å²) in [6.45, 7) is 5.03. The van der Waals surface area contributed by atoms with Gasteiger partial charge in [-0.3, -0.25) is 4.90 Å². The summed E-state index contributed by atoms with van der Waals surface area (Å²) in [6, 6.07) is 16.7. The molecule has 1 fully saturated rings. The third-order valence-electron chi connectivity index (χ3n) is 5.48. The molecule has 0 unspecified atom stereocenters. The van der Waals surface area contributed by atoms with E-state index >= 15 is 0 Å². The summed E-state index contributed by atoms with van der Waals surface area (Å²) in [5.74, 6) is 1.21. The number of thioether (sulfide) groups is 1. The second-order valence-electron chi connectivity index (χ2n) is 7.72. The summed E-state index contributed by atoms with van der Waals surface area (Å²) in [4.78, 5) is 7.18. The minimum Gasteiger partial charge on any atom is -0.379 e. The molecule has 0 bridgehead atoms. The fourth-order valence-electron chi connectivity index (χ4n) is 3.70. The van der Waals surface area contributed by atoms with Crippen molar-refractivity contribution in [3.63, 3.8) is 0 Å². The number of rotatable bonds is 8. The van der Waals surface area contributed by atoms with Crippen molar-refractivity contribution >= 4 is 23.1 Å². The largest absolute Gasteiger partial charge is 0.379 e. The molecule has 2 aromatic heterocycles. The maximum Gasteiger partial charge on any atom is 0.191 e. The van der Waals surface area contributed by atoms with Crippen LogP contribution in [0.2, 0.25) is 0 Å². The van der Waals surface area contributed by atoms with Gasteiger partial charge in [0.2, 0.25) is 0 Å². The Balaban J connectivity index is 1.33. The molecule has 6 nitrogen and oxygen atoms in total. The molecule has 0 atom stereocenters. The van der Waals surface area contributed by atoms with Crippen LogP contribution in [-0.2, 0) is 17.0 Å². The Morgan fingerprint density at radius 2 is 1.73 bits per heavy atom. The summed E-state index contributed by atoms with van der Waals surface area (Å²) < 4.78 is 21.1. The van der Waals surface area contributed by atoms with Gasteiger partial charge >= 0.3 is 0 Å². The van der Waals surface area contributed by atoms with Crippen molar-refractivity contribution in [1.82, 2.24) is 24.6 Å². The molecule has 33 heavy (non-hydrogen) atoms. The highest BCUT2D eigenvalue weighted by atomic mass is 32.2. The van der Waals surface area contributed by atoms with E-state index in [1.54, 1.807) is 35.2 Å². The maximum atomic E-state index is 13.5. The van der Waals surface area contributed by atoms with Gasteiger partial charge < -0.3 is 9.30 Å². The second kappa shape index (κ2) is 10.6. The van der Waals surface area contributed by atoms with Crippen molar-refractivity contribution in [2.75, 3.05) is 32.8 Å². The molecule has 0 saturated carbocycles. The number of benzene rings is 2. The predicted octanol–water partition coefficient (Wildman–Crippen LogP) is 4.83. The van der Waals surface area contributed by atoms with Crippen molar-refractivity contribution in [3.8, 4) is 22.0 Å². The number of morpholine rings is 1. The average molecular weight is 482 g/mol. The van der Waals surface area contributed by atoms with Crippen LogP contribution in [0.4, 0.5) is 4.39 Å². The fourth-order valence-corrected chi connectivity index (χ4v) is 5.49. The molecule has 4 aromatic rings. The van der Waals surface area contributed by atoms with Gasteiger partial charge in [-0.2, -0.15) is 0 Å². The minimum absolute atomic E-state index is 0.259. The van der Waals surface area contributed by atoms with Gasteiger partial charge in [0.15, 0.2) is 11.0 Å². The van der Waals surface area contributed by atoms with Crippen LogP contribution in [0.15, 0.2) is 65.1 Å². The van der Waals surface area contributed by atoms with Gasteiger partial charge in [0.1, 0.15) is 10.8 Å². The molecule has 0 radical (unpaired) electrons. The molecule has 170 valence electrons. The predicted molar refractivity (Wildman–Crippen MR) is 130 cm³/mol. The topological polar surface area (TPSA) is 56.1 Å². The van der Waals surface area contributed by atoms with E-state index in [0.717, 1.165) is 72.2 Å². The lowest BCUT2D eigenvalue weighted by Crippen LogP contribution is -2.38. The van der Waals surface area contributed by atoms with Crippen LogP contribution >= 0.6 is 23.1 Å². The van der Waals surface area contributed by atoms with Crippen LogP contribution in [0.1, 0.15) is 5.69 Å². The number of ether oxygens (including phenoxy) is 1. The van der Waals surface area contributed by atoms with Crippen LogP contribution in [0.5, 0.6) is 0 Å². The first-order valence-electron chi connectivity index (χ1n) is 10.9. The molecule has 2 aromatic carbocycles. The number of hydrogen-bond donors (Lipinski definition) is 0. The zero-order chi connectivity index (χ0) is 22.5. The van der Waals surface area contributed by atoms with Crippen molar-refractivity contribution in [3.05, 3.63) is 71.5 Å². The van der Waals surface area contributed by atoms with Crippen LogP contribution in [0.25, 0.3) is 22.0 Å². The number of aromatic nitrogens is 4. The number of halogens is 1. The van der Waals surface area contributed by atoms with Crippen LogP contribution < -0.4 is 0 Å². The molecule has 1 aliphatic heterocycles. The number of thiazole rings is 1. The molecule has 9 heteroatoms. The Hall–Kier alpha value is -2.59. The van der Waals surface area contributed by atoms with Crippen LogP contribution in [-0.4, -0.2) is 57.5 Å². The fraction of sp³-hybridized carbons (Fsp3) is 0.292. The summed E-state index contributed by atoms with van der Waals surface area (Å²) in [5.41, 5.74) is 3.01. The van der Waals surface area contributed by atoms with E-state index in [4.69, 9.17) is 9.72 Å². The van der Waals surface area contributed by atoms with Crippen molar-refractivity contribution < 1.29 is 9.13 Å². The van der Waals surface area contributed by atoms with E-state index < -0.39 is 0 Å². The van der Waals surface area contributed by atoms with E-state index in [-0.39, 0.29) is 5.82 Å². The third kappa shape index (κ3) is 5.50. The van der Waals surface area contributed by atoms with Crippen molar-refractivity contribution in [2.24, 2.45) is 0 Å². The highest BCUT2D eigenvalue weighted by molar-refractivity contribution is 7.98. The maximum absolute atomic E-state index is 13.5. The molecule has 0 amide bonds. The zero-order valence-electron chi connectivity index (χ0n) is 18.1. The Morgan fingerprint density at radius 3 is 2.52 bits per heavy atom. The minimum atomic E-state index is -0.259. The van der Waals surface area contributed by atoms with Gasteiger partial charge in [-0.05, 0) is 24.3 Å².